The van der Waals surface area contributed by atoms with Gasteiger partial charge in [0.25, 0.3) is 0 Å². The van der Waals surface area contributed by atoms with Crippen molar-refractivity contribution in [2.45, 2.75) is 25.8 Å². The maximum Gasteiger partial charge on any atom is 0.322 e. The predicted molar refractivity (Wildman–Crippen MR) is 144 cm³/mol. The van der Waals surface area contributed by atoms with Crippen LogP contribution in [0.5, 0.6) is 17.2 Å². The molecule has 0 aromatic heterocycles. The number of nitrogens with zero attached hydrogens (tertiary/aromatic N) is 1. The van der Waals surface area contributed by atoms with Gasteiger partial charge in [0.1, 0.15) is 5.75 Å². The molecule has 0 saturated heterocycles. The van der Waals surface area contributed by atoms with Crippen molar-refractivity contribution < 1.29 is 23.8 Å². The first-order valence-electron chi connectivity index (χ1n) is 12.2. The highest BCUT2D eigenvalue weighted by Gasteiger charge is 2.22. The van der Waals surface area contributed by atoms with Crippen LogP contribution < -0.4 is 24.8 Å². The largest absolute Gasteiger partial charge is 0.497 e. The summed E-state index contributed by atoms with van der Waals surface area (Å²) in [5.74, 6) is 1.84. The van der Waals surface area contributed by atoms with Crippen LogP contribution in [0.3, 0.4) is 0 Å². The molecule has 2 N–H and O–H groups in total. The fourth-order valence-electron chi connectivity index (χ4n) is 3.97. The summed E-state index contributed by atoms with van der Waals surface area (Å²) in [5, 5.41) is 5.88. The molecule has 0 aliphatic heterocycles. The molecule has 0 fully saturated rings. The van der Waals surface area contributed by atoms with Crippen LogP contribution in [-0.4, -0.2) is 51.3 Å². The summed E-state index contributed by atoms with van der Waals surface area (Å²) in [7, 11) is 4.77. The summed E-state index contributed by atoms with van der Waals surface area (Å²) in [5.41, 5.74) is 2.63. The van der Waals surface area contributed by atoms with Crippen LogP contribution in [0.25, 0.3) is 0 Å². The van der Waals surface area contributed by atoms with Crippen molar-refractivity contribution in [2.24, 2.45) is 0 Å². The van der Waals surface area contributed by atoms with Gasteiger partial charge in [-0.15, -0.1) is 0 Å². The molecule has 0 aliphatic rings. The average molecular weight is 506 g/mol. The quantitative estimate of drug-likeness (QED) is 0.359. The molecule has 1 atom stereocenters. The Bertz CT molecular complexity index is 1170. The van der Waals surface area contributed by atoms with E-state index < -0.39 is 0 Å². The normalized spacial score (nSPS) is 11.2. The van der Waals surface area contributed by atoms with Gasteiger partial charge < -0.3 is 29.7 Å². The molecule has 0 saturated carbocycles. The molecule has 0 radical (unpaired) electrons. The first-order chi connectivity index (χ1) is 17.9. The minimum Gasteiger partial charge on any atom is -0.497 e. The average Bonchev–Trinajstić information content (AvgIpc) is 2.93. The maximum absolute atomic E-state index is 13.3. The zero-order valence-corrected chi connectivity index (χ0v) is 21.8. The number of amides is 3. The predicted octanol–water partition coefficient (Wildman–Crippen LogP) is 5.06. The maximum atomic E-state index is 13.3. The molecular weight excluding hydrogens is 470 g/mol. The van der Waals surface area contributed by atoms with Crippen molar-refractivity contribution in [3.05, 3.63) is 83.9 Å². The summed E-state index contributed by atoms with van der Waals surface area (Å²) in [4.78, 5) is 27.6. The number of carbonyl (C=O) groups is 2. The standard InChI is InChI=1S/C29H35N3O5/c1-21(23-9-6-5-7-10-23)32(29(34)31-24-11-8-12-25(20-24)35-2)18-16-28(33)30-17-15-22-13-14-26(36-3)27(19-22)37-4/h5-14,19-21H,15-18H2,1-4H3,(H,30,33)(H,31,34). The first-order valence-corrected chi connectivity index (χ1v) is 12.2. The second-order valence-corrected chi connectivity index (χ2v) is 8.48. The zero-order valence-electron chi connectivity index (χ0n) is 21.8. The van der Waals surface area contributed by atoms with Gasteiger partial charge in [-0.3, -0.25) is 4.79 Å². The number of benzene rings is 3. The highest BCUT2D eigenvalue weighted by Crippen LogP contribution is 2.27. The minimum absolute atomic E-state index is 0.125. The SMILES string of the molecule is COc1cccc(NC(=O)N(CCC(=O)NCCc2ccc(OC)c(OC)c2)C(C)c2ccccc2)c1. The number of hydrogen-bond acceptors (Lipinski definition) is 5. The van der Waals surface area contributed by atoms with Gasteiger partial charge in [-0.25, -0.2) is 4.79 Å². The lowest BCUT2D eigenvalue weighted by Gasteiger charge is -2.30. The molecule has 3 aromatic rings. The van der Waals surface area contributed by atoms with E-state index in [-0.39, 0.29) is 30.9 Å². The monoisotopic (exact) mass is 505 g/mol. The lowest BCUT2D eigenvalue weighted by atomic mass is 10.1. The Balaban J connectivity index is 1.60. The van der Waals surface area contributed by atoms with Gasteiger partial charge in [0, 0.05) is 31.3 Å². The molecule has 196 valence electrons. The molecule has 8 heteroatoms. The number of methoxy groups -OCH3 is 3. The number of carbonyl (C=O) groups excluding carboxylic acids is 2. The molecule has 3 aromatic carbocycles. The zero-order chi connectivity index (χ0) is 26.6. The van der Waals surface area contributed by atoms with E-state index in [1.807, 2.05) is 67.6 Å². The van der Waals surface area contributed by atoms with E-state index in [0.29, 0.717) is 35.9 Å². The van der Waals surface area contributed by atoms with Gasteiger partial charge in [-0.2, -0.15) is 0 Å². The molecule has 0 bridgehead atoms. The van der Waals surface area contributed by atoms with E-state index in [2.05, 4.69) is 10.6 Å². The number of rotatable bonds is 12. The number of hydrogen-bond donors (Lipinski definition) is 2. The highest BCUT2D eigenvalue weighted by molar-refractivity contribution is 5.90. The third kappa shape index (κ3) is 7.90. The van der Waals surface area contributed by atoms with Crippen LogP contribution in [0.1, 0.15) is 30.5 Å². The van der Waals surface area contributed by atoms with Crippen molar-refractivity contribution in [2.75, 3.05) is 39.7 Å². The Kier molecular flexibility index (Phi) is 10.2. The van der Waals surface area contributed by atoms with Gasteiger partial charge in [0.15, 0.2) is 11.5 Å². The topological polar surface area (TPSA) is 89.1 Å². The fourth-order valence-corrected chi connectivity index (χ4v) is 3.97. The molecular formula is C29H35N3O5. The molecule has 0 aliphatic carbocycles. The summed E-state index contributed by atoms with van der Waals surface area (Å²) in [6.45, 7) is 2.68. The van der Waals surface area contributed by atoms with Gasteiger partial charge in [0.2, 0.25) is 5.91 Å². The lowest BCUT2D eigenvalue weighted by Crippen LogP contribution is -2.40. The van der Waals surface area contributed by atoms with Crippen LogP contribution in [0, 0.1) is 0 Å². The summed E-state index contributed by atoms with van der Waals surface area (Å²) >= 11 is 0. The van der Waals surface area contributed by atoms with Gasteiger partial charge >= 0.3 is 6.03 Å². The van der Waals surface area contributed by atoms with E-state index in [4.69, 9.17) is 14.2 Å². The second kappa shape index (κ2) is 13.8. The van der Waals surface area contributed by atoms with Gasteiger partial charge in [0.05, 0.1) is 27.4 Å². The Labute approximate surface area is 218 Å². The summed E-state index contributed by atoms with van der Waals surface area (Å²) in [6, 6.07) is 22.1. The van der Waals surface area contributed by atoms with Crippen molar-refractivity contribution in [3.8, 4) is 17.2 Å². The Morgan fingerprint density at radius 2 is 1.62 bits per heavy atom. The van der Waals surface area contributed by atoms with Crippen LogP contribution in [0.4, 0.5) is 10.5 Å². The van der Waals surface area contributed by atoms with E-state index in [1.54, 1.807) is 38.4 Å². The second-order valence-electron chi connectivity index (χ2n) is 8.48. The molecule has 3 amide bonds. The van der Waals surface area contributed by atoms with Crippen molar-refractivity contribution in [3.63, 3.8) is 0 Å². The number of nitrogens with one attached hydrogen (secondary N) is 2. The molecule has 0 heterocycles. The molecule has 37 heavy (non-hydrogen) atoms. The van der Waals surface area contributed by atoms with Crippen LogP contribution in [0.15, 0.2) is 72.8 Å². The van der Waals surface area contributed by atoms with E-state index in [0.717, 1.165) is 11.1 Å². The van der Waals surface area contributed by atoms with E-state index in [9.17, 15) is 9.59 Å². The molecule has 0 spiro atoms. The van der Waals surface area contributed by atoms with E-state index in [1.165, 1.54) is 0 Å². The fraction of sp³-hybridized carbons (Fsp3) is 0.310. The molecule has 8 nitrogen and oxygen atoms in total. The van der Waals surface area contributed by atoms with Gasteiger partial charge in [-0.1, -0.05) is 42.5 Å². The molecule has 1 unspecified atom stereocenters. The van der Waals surface area contributed by atoms with Crippen molar-refractivity contribution in [1.82, 2.24) is 10.2 Å². The summed E-state index contributed by atoms with van der Waals surface area (Å²) in [6.07, 6.45) is 0.821. The van der Waals surface area contributed by atoms with Crippen molar-refractivity contribution >= 4 is 17.6 Å². The van der Waals surface area contributed by atoms with E-state index >= 15 is 0 Å². The minimum atomic E-state index is -0.289. The highest BCUT2D eigenvalue weighted by atomic mass is 16.5. The third-order valence-electron chi connectivity index (χ3n) is 6.09. The number of urea groups is 1. The first kappa shape index (κ1) is 27.4. The smallest absolute Gasteiger partial charge is 0.322 e. The van der Waals surface area contributed by atoms with Crippen LogP contribution in [-0.2, 0) is 11.2 Å². The van der Waals surface area contributed by atoms with Crippen LogP contribution >= 0.6 is 0 Å². The Hall–Kier alpha value is -4.20. The number of anilines is 1. The third-order valence-corrected chi connectivity index (χ3v) is 6.09. The van der Waals surface area contributed by atoms with Crippen molar-refractivity contribution in [1.29, 1.82) is 0 Å². The summed E-state index contributed by atoms with van der Waals surface area (Å²) < 4.78 is 15.9. The van der Waals surface area contributed by atoms with Crippen LogP contribution in [0.2, 0.25) is 0 Å². The number of ether oxygens (including phenoxy) is 3. The Morgan fingerprint density at radius 1 is 0.865 bits per heavy atom. The lowest BCUT2D eigenvalue weighted by molar-refractivity contribution is -0.121. The Morgan fingerprint density at radius 3 is 2.32 bits per heavy atom. The van der Waals surface area contributed by atoms with Gasteiger partial charge in [-0.05, 0) is 48.7 Å². The molecule has 3 rings (SSSR count).